The van der Waals surface area contributed by atoms with Crippen LogP contribution in [0.15, 0.2) is 71.9 Å². The monoisotopic (exact) mass is 526 g/mol. The summed E-state index contributed by atoms with van der Waals surface area (Å²) in [5.74, 6) is 0.190. The number of rotatable bonds is 12. The number of hydrazine groups is 1. The molecule has 1 unspecified atom stereocenters. The number of amides is 1. The Morgan fingerprint density at radius 3 is 2.43 bits per heavy atom. The van der Waals surface area contributed by atoms with Crippen molar-refractivity contribution in [2.75, 3.05) is 11.9 Å². The van der Waals surface area contributed by atoms with E-state index in [9.17, 15) is 13.2 Å². The topological polar surface area (TPSA) is 169 Å². The van der Waals surface area contributed by atoms with Gasteiger partial charge in [0.05, 0.1) is 12.7 Å². The molecule has 3 aromatic rings. The van der Waals surface area contributed by atoms with Gasteiger partial charge in [-0.25, -0.2) is 8.42 Å². The van der Waals surface area contributed by atoms with Gasteiger partial charge in [0.15, 0.2) is 11.5 Å². The highest BCUT2D eigenvalue weighted by molar-refractivity contribution is 7.89. The van der Waals surface area contributed by atoms with Crippen LogP contribution in [0.4, 0.5) is 5.69 Å². The lowest BCUT2D eigenvalue weighted by molar-refractivity contribution is -0.122. The zero-order chi connectivity index (χ0) is 27.0. The fourth-order valence-corrected chi connectivity index (χ4v) is 4.10. The molecule has 1 aromatic heterocycles. The summed E-state index contributed by atoms with van der Waals surface area (Å²) in [5, 5.41) is 10.7. The SMILES string of the molecule is CCOc1cc(C(Nc2ccc(C(=N)N)cc2)C(=O)NNS(=O)(=O)c2cccnc2)ccc1OC(C)C. The third-order valence-electron chi connectivity index (χ3n) is 4.99. The van der Waals surface area contributed by atoms with Gasteiger partial charge in [0.25, 0.3) is 15.9 Å². The summed E-state index contributed by atoms with van der Waals surface area (Å²) in [4.78, 5) is 19.1. The van der Waals surface area contributed by atoms with E-state index in [0.29, 0.717) is 34.9 Å². The molecule has 6 N–H and O–H groups in total. The Morgan fingerprint density at radius 1 is 1.11 bits per heavy atom. The number of hydrogen-bond donors (Lipinski definition) is 5. The zero-order valence-corrected chi connectivity index (χ0v) is 21.5. The van der Waals surface area contributed by atoms with Gasteiger partial charge < -0.3 is 20.5 Å². The number of carbonyl (C=O) groups is 1. The maximum absolute atomic E-state index is 13.3. The van der Waals surface area contributed by atoms with Gasteiger partial charge in [0.2, 0.25) is 0 Å². The first-order valence-electron chi connectivity index (χ1n) is 11.5. The summed E-state index contributed by atoms with van der Waals surface area (Å²) in [6.07, 6.45) is 2.52. The zero-order valence-electron chi connectivity index (χ0n) is 20.7. The Labute approximate surface area is 215 Å². The molecule has 1 atom stereocenters. The second kappa shape index (κ2) is 12.2. The van der Waals surface area contributed by atoms with Gasteiger partial charge in [-0.15, -0.1) is 4.83 Å². The molecule has 1 amide bonds. The number of nitrogen functional groups attached to an aromatic ring is 1. The average molecular weight is 527 g/mol. The average Bonchev–Trinajstić information content (AvgIpc) is 2.87. The molecule has 0 bridgehead atoms. The van der Waals surface area contributed by atoms with E-state index in [4.69, 9.17) is 20.6 Å². The number of amidine groups is 1. The summed E-state index contributed by atoms with van der Waals surface area (Å²) >= 11 is 0. The van der Waals surface area contributed by atoms with Crippen LogP contribution in [0.5, 0.6) is 11.5 Å². The van der Waals surface area contributed by atoms with Crippen LogP contribution in [0.3, 0.4) is 0 Å². The molecule has 2 aromatic carbocycles. The lowest BCUT2D eigenvalue weighted by Gasteiger charge is -2.22. The molecule has 11 nitrogen and oxygen atoms in total. The summed E-state index contributed by atoms with van der Waals surface area (Å²) in [5.41, 5.74) is 9.36. The van der Waals surface area contributed by atoms with Gasteiger partial charge in [-0.3, -0.25) is 20.6 Å². The number of anilines is 1. The summed E-state index contributed by atoms with van der Waals surface area (Å²) < 4.78 is 36.7. The maximum atomic E-state index is 13.3. The predicted molar refractivity (Wildman–Crippen MR) is 140 cm³/mol. The van der Waals surface area contributed by atoms with Crippen LogP contribution in [0.2, 0.25) is 0 Å². The Kier molecular flexibility index (Phi) is 9.04. The van der Waals surface area contributed by atoms with E-state index in [0.717, 1.165) is 0 Å². The predicted octanol–water partition coefficient (Wildman–Crippen LogP) is 2.71. The summed E-state index contributed by atoms with van der Waals surface area (Å²) in [7, 11) is -4.05. The summed E-state index contributed by atoms with van der Waals surface area (Å²) in [6, 6.07) is 13.4. The molecule has 0 saturated heterocycles. The van der Waals surface area contributed by atoms with Gasteiger partial charge in [0, 0.05) is 23.6 Å². The van der Waals surface area contributed by atoms with Crippen LogP contribution >= 0.6 is 0 Å². The number of sulfonamides is 1. The van der Waals surface area contributed by atoms with Crippen molar-refractivity contribution >= 4 is 27.5 Å². The molecule has 0 aliphatic heterocycles. The van der Waals surface area contributed by atoms with E-state index in [2.05, 4.69) is 20.6 Å². The minimum Gasteiger partial charge on any atom is -0.490 e. The maximum Gasteiger partial charge on any atom is 0.262 e. The standard InChI is InChI=1S/C25H30N6O5S/c1-4-35-22-14-18(9-12-21(22)36-16(2)3)23(29-19-10-7-17(8-11-19)24(26)27)25(32)30-31-37(33,34)20-6-5-13-28-15-20/h5-16,23,29,31H,4H2,1-3H3,(H3,26,27)(H,30,32). The molecule has 37 heavy (non-hydrogen) atoms. The number of benzene rings is 2. The van der Waals surface area contributed by atoms with Crippen molar-refractivity contribution in [1.82, 2.24) is 15.2 Å². The van der Waals surface area contributed by atoms with Crippen LogP contribution < -0.4 is 30.8 Å². The van der Waals surface area contributed by atoms with E-state index < -0.39 is 22.0 Å². The Morgan fingerprint density at radius 2 is 1.84 bits per heavy atom. The number of nitrogens with one attached hydrogen (secondary N) is 4. The van der Waals surface area contributed by atoms with E-state index in [1.165, 1.54) is 24.5 Å². The third kappa shape index (κ3) is 7.41. The van der Waals surface area contributed by atoms with Crippen molar-refractivity contribution in [2.24, 2.45) is 5.73 Å². The van der Waals surface area contributed by atoms with Crippen LogP contribution in [0.25, 0.3) is 0 Å². The highest BCUT2D eigenvalue weighted by Gasteiger charge is 2.25. The first-order valence-corrected chi connectivity index (χ1v) is 12.9. The van der Waals surface area contributed by atoms with E-state index in [-0.39, 0.29) is 16.8 Å². The number of ether oxygens (including phenoxy) is 2. The van der Waals surface area contributed by atoms with Crippen LogP contribution in [-0.2, 0) is 14.8 Å². The molecule has 1 heterocycles. The Hall–Kier alpha value is -4.16. The molecule has 0 fully saturated rings. The number of hydrogen-bond acceptors (Lipinski definition) is 8. The quantitative estimate of drug-likeness (QED) is 0.136. The smallest absolute Gasteiger partial charge is 0.262 e. The number of carbonyl (C=O) groups excluding carboxylic acids is 1. The largest absolute Gasteiger partial charge is 0.490 e. The molecule has 196 valence electrons. The molecular weight excluding hydrogens is 496 g/mol. The van der Waals surface area contributed by atoms with Crippen molar-refractivity contribution in [1.29, 1.82) is 5.41 Å². The number of nitrogens with zero attached hydrogens (tertiary/aromatic N) is 1. The normalized spacial score (nSPS) is 12.0. The van der Waals surface area contributed by atoms with E-state index >= 15 is 0 Å². The minimum atomic E-state index is -4.05. The fraction of sp³-hybridized carbons (Fsp3) is 0.240. The highest BCUT2D eigenvalue weighted by Crippen LogP contribution is 2.33. The van der Waals surface area contributed by atoms with Crippen molar-refractivity contribution in [3.63, 3.8) is 0 Å². The minimum absolute atomic E-state index is 0.0900. The van der Waals surface area contributed by atoms with E-state index in [1.807, 2.05) is 20.8 Å². The molecule has 3 rings (SSSR count). The Balaban J connectivity index is 1.92. The van der Waals surface area contributed by atoms with Gasteiger partial charge in [-0.05, 0) is 74.9 Å². The number of pyridine rings is 1. The third-order valence-corrected chi connectivity index (χ3v) is 6.22. The van der Waals surface area contributed by atoms with Crippen molar-refractivity contribution in [3.05, 3.63) is 78.1 Å². The summed E-state index contributed by atoms with van der Waals surface area (Å²) in [6.45, 7) is 5.98. The number of nitrogens with two attached hydrogens (primary N) is 1. The second-order valence-corrected chi connectivity index (χ2v) is 9.84. The molecule has 0 spiro atoms. The highest BCUT2D eigenvalue weighted by atomic mass is 32.2. The van der Waals surface area contributed by atoms with Gasteiger partial charge in [-0.2, -0.15) is 0 Å². The molecule has 0 saturated carbocycles. The van der Waals surface area contributed by atoms with Gasteiger partial charge >= 0.3 is 0 Å². The van der Waals surface area contributed by atoms with E-state index in [1.54, 1.807) is 42.5 Å². The van der Waals surface area contributed by atoms with Crippen LogP contribution in [-0.4, -0.2) is 37.9 Å². The van der Waals surface area contributed by atoms with Crippen LogP contribution in [0, 0.1) is 5.41 Å². The molecule has 0 radical (unpaired) electrons. The lowest BCUT2D eigenvalue weighted by atomic mass is 10.0. The first-order chi connectivity index (χ1) is 17.6. The molecule has 0 aliphatic rings. The van der Waals surface area contributed by atoms with Gasteiger partial charge in [-0.1, -0.05) is 6.07 Å². The number of aromatic nitrogens is 1. The van der Waals surface area contributed by atoms with Gasteiger partial charge in [0.1, 0.15) is 16.8 Å². The van der Waals surface area contributed by atoms with Crippen LogP contribution in [0.1, 0.15) is 37.9 Å². The molecular formula is C25H30N6O5S. The van der Waals surface area contributed by atoms with Crippen molar-refractivity contribution in [3.8, 4) is 11.5 Å². The lowest BCUT2D eigenvalue weighted by Crippen LogP contribution is -2.45. The first kappa shape index (κ1) is 27.4. The molecule has 12 heteroatoms. The van der Waals surface area contributed by atoms with Crippen molar-refractivity contribution < 1.29 is 22.7 Å². The molecule has 0 aliphatic carbocycles. The Bertz CT molecular complexity index is 1330. The second-order valence-electron chi connectivity index (χ2n) is 8.16. The fourth-order valence-electron chi connectivity index (χ4n) is 3.29. The van der Waals surface area contributed by atoms with Crippen molar-refractivity contribution in [2.45, 2.75) is 37.8 Å².